The Morgan fingerprint density at radius 3 is 1.30 bits per heavy atom. The normalized spacial score (nSPS) is 6.90. The minimum Gasteiger partial charge on any atom is -0.385 e. The molecule has 0 saturated heterocycles. The van der Waals surface area contributed by atoms with Crippen LogP contribution in [0.25, 0.3) is 0 Å². The summed E-state index contributed by atoms with van der Waals surface area (Å²) in [4.78, 5) is 0. The van der Waals surface area contributed by atoms with E-state index in [0.717, 1.165) is 32.7 Å². The third kappa shape index (κ3) is 52.2. The third-order valence-electron chi connectivity index (χ3n) is 1.65. The zero-order valence-corrected chi connectivity index (χ0v) is 8.88. The van der Waals surface area contributed by atoms with Gasteiger partial charge >= 0.3 is 0 Å². The van der Waals surface area contributed by atoms with Gasteiger partial charge in [-0.15, -0.1) is 0 Å². The minimum atomic E-state index is 0. The minimum absolute atomic E-state index is 0. The van der Waals surface area contributed by atoms with Gasteiger partial charge in [0.15, 0.2) is 0 Å². The molecule has 0 aromatic heterocycles. The molecule has 0 heterocycles. The number of unbranched alkanes of at least 4 members (excludes halogenated alkanes) is 1. The van der Waals surface area contributed by atoms with Gasteiger partial charge in [0.05, 0.1) is 13.2 Å². The van der Waals surface area contributed by atoms with Crippen LogP contribution in [0, 0.1) is 0 Å². The maximum atomic E-state index is 5.32. The number of hydrogen-bond donors (Lipinski definition) is 0. The second kappa shape index (κ2) is 51.0. The van der Waals surface area contributed by atoms with E-state index in [-0.39, 0.29) is 52.0 Å². The lowest BCUT2D eigenvalue weighted by Crippen LogP contribution is -2.07. The molecule has 0 fully saturated rings. The van der Waals surface area contributed by atoms with Gasteiger partial charge in [0.2, 0.25) is 0 Å². The molecule has 136 valence electrons. The van der Waals surface area contributed by atoms with Crippen LogP contribution in [-0.2, 0) is 14.2 Å². The van der Waals surface area contributed by atoms with Crippen molar-refractivity contribution in [2.75, 3.05) is 40.1 Å². The highest BCUT2D eigenvalue weighted by molar-refractivity contribution is 4.35. The molecule has 0 aromatic carbocycles. The highest BCUT2D eigenvalue weighted by Crippen LogP contribution is 1.88. The Balaban J connectivity index is -0.0000000343. The topological polar surface area (TPSA) is 27.7 Å². The van der Waals surface area contributed by atoms with E-state index in [1.165, 1.54) is 6.42 Å². The molecule has 0 bridgehead atoms. The van der Waals surface area contributed by atoms with Gasteiger partial charge in [-0.25, -0.2) is 0 Å². The molecule has 0 atom stereocenters. The van der Waals surface area contributed by atoms with E-state index in [4.69, 9.17) is 14.2 Å². The van der Waals surface area contributed by atoms with Crippen LogP contribution in [-0.4, -0.2) is 40.1 Å². The largest absolute Gasteiger partial charge is 0.385 e. The average Bonchev–Trinajstić information content (AvgIpc) is 2.16. The first-order chi connectivity index (χ1) is 6.41. The van der Waals surface area contributed by atoms with Crippen molar-refractivity contribution in [2.24, 2.45) is 0 Å². The summed E-state index contributed by atoms with van der Waals surface area (Å²) >= 11 is 0. The first kappa shape index (κ1) is 50.2. The van der Waals surface area contributed by atoms with Gasteiger partial charge in [-0.3, -0.25) is 0 Å². The summed E-state index contributed by atoms with van der Waals surface area (Å²) in [7, 11) is 1.70. The molecule has 3 heteroatoms. The van der Waals surface area contributed by atoms with Crippen LogP contribution in [0.1, 0.15) is 78.2 Å². The van der Waals surface area contributed by atoms with Crippen LogP contribution in [0.2, 0.25) is 0 Å². The van der Waals surface area contributed by atoms with Crippen LogP contribution in [0.4, 0.5) is 0 Å². The van der Waals surface area contributed by atoms with Gasteiger partial charge in [0.1, 0.15) is 0 Å². The molecule has 3 nitrogen and oxygen atoms in total. The highest BCUT2D eigenvalue weighted by Gasteiger charge is 1.89. The van der Waals surface area contributed by atoms with E-state index in [9.17, 15) is 0 Å². The Morgan fingerprint density at radius 2 is 0.950 bits per heavy atom. The van der Waals surface area contributed by atoms with Crippen LogP contribution >= 0.6 is 0 Å². The number of hydrogen-bond acceptors (Lipinski definition) is 3. The van der Waals surface area contributed by atoms with Crippen molar-refractivity contribution in [3.63, 3.8) is 0 Å². The zero-order chi connectivity index (χ0) is 9.78. The smallest absolute Gasteiger partial charge is 0.0700 e. The molecule has 0 spiro atoms. The summed E-state index contributed by atoms with van der Waals surface area (Å²) < 4.78 is 15.5. The van der Waals surface area contributed by atoms with Gasteiger partial charge in [-0.05, 0) is 12.8 Å². The molecular formula is C17H50O3. The number of ether oxygens (including phenoxy) is 3. The van der Waals surface area contributed by atoms with E-state index < -0.39 is 0 Å². The van der Waals surface area contributed by atoms with E-state index in [1.807, 2.05) is 0 Å². The lowest BCUT2D eigenvalue weighted by atomic mass is 10.4. The van der Waals surface area contributed by atoms with Crippen LogP contribution in [0.3, 0.4) is 0 Å². The van der Waals surface area contributed by atoms with Crippen LogP contribution in [0.15, 0.2) is 0 Å². The second-order valence-electron chi connectivity index (χ2n) is 2.92. The maximum absolute atomic E-state index is 5.32. The van der Waals surface area contributed by atoms with E-state index in [0.29, 0.717) is 13.2 Å². The first-order valence-electron chi connectivity index (χ1n) is 5.06. The molecular weight excluding hydrogens is 252 g/mol. The Hall–Kier alpha value is -0.120. The zero-order valence-electron chi connectivity index (χ0n) is 8.88. The first-order valence-corrected chi connectivity index (χ1v) is 5.06. The van der Waals surface area contributed by atoms with Crippen molar-refractivity contribution in [1.29, 1.82) is 0 Å². The molecule has 0 saturated carbocycles. The van der Waals surface area contributed by atoms with Gasteiger partial charge in [0.25, 0.3) is 0 Å². The number of methoxy groups -OCH3 is 1. The fraction of sp³-hybridized carbons (Fsp3) is 1.00. The lowest BCUT2D eigenvalue weighted by molar-refractivity contribution is 0.0390. The predicted octanol–water partition coefficient (Wildman–Crippen LogP) is 6.31. The molecule has 0 aromatic rings. The van der Waals surface area contributed by atoms with Gasteiger partial charge < -0.3 is 14.2 Å². The predicted molar refractivity (Wildman–Crippen MR) is 100 cm³/mol. The molecule has 0 unspecified atom stereocenters. The van der Waals surface area contributed by atoms with Crippen molar-refractivity contribution in [1.82, 2.24) is 0 Å². The van der Waals surface area contributed by atoms with Crippen LogP contribution in [0.5, 0.6) is 0 Å². The van der Waals surface area contributed by atoms with Crippen molar-refractivity contribution in [3.8, 4) is 0 Å². The van der Waals surface area contributed by atoms with Gasteiger partial charge in [-0.2, -0.15) is 0 Å². The fourth-order valence-electron chi connectivity index (χ4n) is 0.874. The number of rotatable bonds is 10. The van der Waals surface area contributed by atoms with Crippen LogP contribution < -0.4 is 0 Å². The molecule has 0 N–H and O–H groups in total. The van der Waals surface area contributed by atoms with Crippen molar-refractivity contribution < 1.29 is 14.2 Å². The van der Waals surface area contributed by atoms with Crippen molar-refractivity contribution in [3.05, 3.63) is 0 Å². The maximum Gasteiger partial charge on any atom is 0.0700 e. The van der Waals surface area contributed by atoms with Gasteiger partial charge in [-0.1, -0.05) is 65.3 Å². The molecule has 0 aliphatic heterocycles. The standard InChI is InChI=1S/C10H22O3.7CH4/c1-3-4-7-12-9-10-13-8-5-6-11-2;;;;;;;/h3-10H2,1-2H3;7*1H4. The monoisotopic (exact) mass is 302 g/mol. The van der Waals surface area contributed by atoms with Crippen molar-refractivity contribution >= 4 is 0 Å². The lowest BCUT2D eigenvalue weighted by Gasteiger charge is -2.04. The summed E-state index contributed by atoms with van der Waals surface area (Å²) in [6, 6.07) is 0. The molecule has 0 aliphatic carbocycles. The quantitative estimate of drug-likeness (QED) is 0.443. The molecule has 20 heavy (non-hydrogen) atoms. The summed E-state index contributed by atoms with van der Waals surface area (Å²) in [5.41, 5.74) is 0. The molecule has 0 radical (unpaired) electrons. The van der Waals surface area contributed by atoms with Crippen molar-refractivity contribution in [2.45, 2.75) is 78.2 Å². The fourth-order valence-corrected chi connectivity index (χ4v) is 0.874. The summed E-state index contributed by atoms with van der Waals surface area (Å²) in [5.74, 6) is 0. The summed E-state index contributed by atoms with van der Waals surface area (Å²) in [6.07, 6.45) is 3.30. The average molecular weight is 303 g/mol. The summed E-state index contributed by atoms with van der Waals surface area (Å²) in [5, 5.41) is 0. The van der Waals surface area contributed by atoms with E-state index in [2.05, 4.69) is 6.92 Å². The Morgan fingerprint density at radius 1 is 0.550 bits per heavy atom. The Kier molecular flexibility index (Phi) is 128. The second-order valence-corrected chi connectivity index (χ2v) is 2.92. The molecule has 0 rings (SSSR count). The Bertz CT molecular complexity index is 78.3. The summed E-state index contributed by atoms with van der Waals surface area (Å²) in [6.45, 7) is 5.98. The third-order valence-corrected chi connectivity index (χ3v) is 1.65. The molecule has 0 aliphatic rings. The van der Waals surface area contributed by atoms with E-state index in [1.54, 1.807) is 7.11 Å². The van der Waals surface area contributed by atoms with E-state index >= 15 is 0 Å². The molecule has 0 amide bonds. The SMILES string of the molecule is C.C.C.C.C.C.C.CCCCOCCOCCCOC. The van der Waals surface area contributed by atoms with Gasteiger partial charge in [0, 0.05) is 26.9 Å². The highest BCUT2D eigenvalue weighted by atomic mass is 16.5. The Labute approximate surface area is 133 Å².